The number of amides is 2. The van der Waals surface area contributed by atoms with Gasteiger partial charge in [0.1, 0.15) is 11.7 Å². The summed E-state index contributed by atoms with van der Waals surface area (Å²) in [6.45, 7) is 0.543. The molecule has 1 atom stereocenters. The number of anilines is 1. The van der Waals surface area contributed by atoms with Gasteiger partial charge in [-0.2, -0.15) is 0 Å². The third-order valence-electron chi connectivity index (χ3n) is 5.70. The van der Waals surface area contributed by atoms with Crippen molar-refractivity contribution in [1.29, 1.82) is 0 Å². The van der Waals surface area contributed by atoms with Crippen LogP contribution in [0.25, 0.3) is 6.08 Å². The highest BCUT2D eigenvalue weighted by atomic mass is 32.2. The van der Waals surface area contributed by atoms with Crippen molar-refractivity contribution in [3.63, 3.8) is 0 Å². The lowest BCUT2D eigenvalue weighted by molar-refractivity contribution is -0.119. The number of likely N-dealkylation sites (N-methyl/N-ethyl adjacent to an activating group) is 1. The maximum atomic E-state index is 13.1. The Morgan fingerprint density at radius 1 is 1.25 bits per heavy atom. The monoisotopic (exact) mass is 446 g/mol. The van der Waals surface area contributed by atoms with Crippen molar-refractivity contribution < 1.29 is 9.59 Å². The van der Waals surface area contributed by atoms with Crippen molar-refractivity contribution in [2.24, 2.45) is 0 Å². The molecule has 0 saturated heterocycles. The second-order valence-corrected chi connectivity index (χ2v) is 8.81. The molecule has 2 amide bonds. The maximum absolute atomic E-state index is 13.1. The predicted octanol–water partition coefficient (Wildman–Crippen LogP) is 4.00. The number of carbonyl (C=O) groups is 2. The van der Waals surface area contributed by atoms with Crippen LogP contribution in [0.1, 0.15) is 34.6 Å². The van der Waals surface area contributed by atoms with Gasteiger partial charge in [0.2, 0.25) is 5.91 Å². The number of fused-ring (bicyclic) bond motifs is 2. The van der Waals surface area contributed by atoms with E-state index in [-0.39, 0.29) is 19.2 Å². The van der Waals surface area contributed by atoms with Crippen molar-refractivity contribution in [1.82, 2.24) is 14.9 Å². The average molecular weight is 447 g/mol. The Morgan fingerprint density at radius 3 is 2.88 bits per heavy atom. The van der Waals surface area contributed by atoms with E-state index < -0.39 is 6.04 Å². The molecule has 1 N–H and O–H groups in total. The van der Waals surface area contributed by atoms with Gasteiger partial charge < -0.3 is 14.8 Å². The van der Waals surface area contributed by atoms with Gasteiger partial charge in [-0.3, -0.25) is 9.59 Å². The van der Waals surface area contributed by atoms with Crippen LogP contribution >= 0.6 is 11.8 Å². The van der Waals surface area contributed by atoms with E-state index in [2.05, 4.69) is 34.6 Å². The number of rotatable bonds is 4. The second kappa shape index (κ2) is 9.04. The summed E-state index contributed by atoms with van der Waals surface area (Å²) in [5, 5.41) is 2.93. The van der Waals surface area contributed by atoms with Crippen LogP contribution in [-0.2, 0) is 17.8 Å². The van der Waals surface area contributed by atoms with Crippen molar-refractivity contribution in [2.45, 2.75) is 31.3 Å². The molecular weight excluding hydrogens is 420 g/mol. The molecule has 2 aliphatic rings. The summed E-state index contributed by atoms with van der Waals surface area (Å²) in [7, 11) is 1.77. The first-order valence-corrected chi connectivity index (χ1v) is 11.2. The number of hydrogen-bond donors (Lipinski definition) is 1. The van der Waals surface area contributed by atoms with Crippen LogP contribution in [0, 0.1) is 0 Å². The molecule has 0 radical (unpaired) electrons. The van der Waals surface area contributed by atoms with E-state index >= 15 is 0 Å². The molecule has 3 aromatic rings. The topological polar surface area (TPSA) is 67.2 Å². The Morgan fingerprint density at radius 2 is 2.06 bits per heavy atom. The van der Waals surface area contributed by atoms with Crippen LogP contribution < -0.4 is 10.2 Å². The second-order valence-electron chi connectivity index (χ2n) is 7.75. The number of allylic oxidation sites excluding steroid dienone is 1. The van der Waals surface area contributed by atoms with E-state index in [0.717, 1.165) is 28.1 Å². The molecule has 1 aliphatic heterocycles. The lowest BCUT2D eigenvalue weighted by Crippen LogP contribution is -2.48. The van der Waals surface area contributed by atoms with E-state index in [4.69, 9.17) is 0 Å². The number of thioether (sulfide) groups is 1. The fraction of sp³-hybridized carbons (Fsp3) is 0.240. The highest BCUT2D eigenvalue weighted by Gasteiger charge is 2.31. The molecule has 2 aromatic carbocycles. The zero-order chi connectivity index (χ0) is 21.4. The Labute approximate surface area is 192 Å². The number of imidazole rings is 1. The van der Waals surface area contributed by atoms with Crippen molar-refractivity contribution in [3.05, 3.63) is 83.4 Å². The van der Waals surface area contributed by atoms with Crippen molar-refractivity contribution in [3.8, 4) is 0 Å². The molecule has 1 aromatic heterocycles. The van der Waals surface area contributed by atoms with Crippen LogP contribution in [0.3, 0.4) is 0 Å². The van der Waals surface area contributed by atoms with Gasteiger partial charge >= 0.3 is 0 Å². The molecule has 32 heavy (non-hydrogen) atoms. The number of carbonyl (C=O) groups excluding carboxylic acids is 2. The number of aromatic nitrogens is 2. The average Bonchev–Trinajstić information content (AvgIpc) is 3.42. The molecule has 6 nitrogen and oxygen atoms in total. The summed E-state index contributed by atoms with van der Waals surface area (Å²) in [6, 6.07) is 13.5. The molecule has 0 bridgehead atoms. The number of benzene rings is 2. The summed E-state index contributed by atoms with van der Waals surface area (Å²) in [5.74, 6) is 0.0776. The summed E-state index contributed by atoms with van der Waals surface area (Å²) < 4.78 is 1.80. The molecule has 0 fully saturated rings. The van der Waals surface area contributed by atoms with Gasteiger partial charge in [-0.25, -0.2) is 4.98 Å². The Balaban J connectivity index is 0.00000245. The molecule has 164 valence electrons. The normalized spacial score (nSPS) is 16.7. The lowest BCUT2D eigenvalue weighted by atomic mass is 10.1. The molecule has 2 heterocycles. The van der Waals surface area contributed by atoms with E-state index in [1.54, 1.807) is 40.8 Å². The Hall–Kier alpha value is -3.32. The first-order valence-electron chi connectivity index (χ1n) is 10.2. The number of nitrogens with one attached hydrogen (secondary N) is 1. The van der Waals surface area contributed by atoms with Crippen LogP contribution in [0.2, 0.25) is 0 Å². The largest absolute Gasteiger partial charge is 0.338 e. The summed E-state index contributed by atoms with van der Waals surface area (Å²) >= 11 is 1.61. The first kappa shape index (κ1) is 21.9. The van der Waals surface area contributed by atoms with Crippen LogP contribution in [0.5, 0.6) is 0 Å². The highest BCUT2D eigenvalue weighted by Crippen LogP contribution is 2.38. The maximum Gasteiger partial charge on any atom is 0.270 e. The van der Waals surface area contributed by atoms with Crippen molar-refractivity contribution in [2.75, 3.05) is 17.7 Å². The Bertz CT molecular complexity index is 1190. The standard InChI is InChI=1S/C24H22N4O2S.CH4/c1-27-20-10-17-8-5-9-18(17)11-22(20)31-14-19(24(27)30)26-23(29)21-12-25-15-28(21)13-16-6-3-2-4-7-16;/h2-8,10-12,15,19H,9,13-14H2,1H3,(H,26,29);1H4/t19-;/m0./s1. The van der Waals surface area contributed by atoms with Gasteiger partial charge in [0.05, 0.1) is 18.2 Å². The zero-order valence-corrected chi connectivity index (χ0v) is 17.9. The fourth-order valence-corrected chi connectivity index (χ4v) is 5.14. The van der Waals surface area contributed by atoms with Gasteiger partial charge in [-0.1, -0.05) is 49.9 Å². The SMILES string of the molecule is C.CN1C(=O)[C@@H](NC(=O)c2cncn2Cc2ccccc2)CSc2cc3c(cc21)C=CC3. The molecule has 0 unspecified atom stereocenters. The minimum atomic E-state index is -0.611. The quantitative estimate of drug-likeness (QED) is 0.658. The first-order chi connectivity index (χ1) is 15.1. The van der Waals surface area contributed by atoms with Gasteiger partial charge in [0, 0.05) is 24.2 Å². The van der Waals surface area contributed by atoms with Crippen molar-refractivity contribution >= 4 is 35.3 Å². The number of hydrogen-bond acceptors (Lipinski definition) is 4. The molecule has 5 rings (SSSR count). The van der Waals surface area contributed by atoms with E-state index in [0.29, 0.717) is 18.0 Å². The molecule has 0 saturated carbocycles. The molecular formula is C25H26N4O2S. The van der Waals surface area contributed by atoms with Gasteiger partial charge in [-0.05, 0) is 35.2 Å². The minimum absolute atomic E-state index is 0. The van der Waals surface area contributed by atoms with E-state index in [1.165, 1.54) is 5.56 Å². The molecule has 7 heteroatoms. The van der Waals surface area contributed by atoms with Crippen LogP contribution in [0.15, 0.2) is 66.0 Å². The highest BCUT2D eigenvalue weighted by molar-refractivity contribution is 7.99. The smallest absolute Gasteiger partial charge is 0.270 e. The van der Waals surface area contributed by atoms with Gasteiger partial charge in [0.15, 0.2) is 0 Å². The zero-order valence-electron chi connectivity index (χ0n) is 17.1. The summed E-state index contributed by atoms with van der Waals surface area (Å²) in [6.07, 6.45) is 8.34. The lowest BCUT2D eigenvalue weighted by Gasteiger charge is -2.22. The fourth-order valence-electron chi connectivity index (χ4n) is 4.00. The predicted molar refractivity (Wildman–Crippen MR) is 129 cm³/mol. The van der Waals surface area contributed by atoms with Crippen LogP contribution in [-0.4, -0.2) is 40.2 Å². The Kier molecular flexibility index (Phi) is 6.19. The third kappa shape index (κ3) is 4.08. The van der Waals surface area contributed by atoms with E-state index in [1.807, 2.05) is 30.3 Å². The summed E-state index contributed by atoms with van der Waals surface area (Å²) in [4.78, 5) is 33.1. The minimum Gasteiger partial charge on any atom is -0.338 e. The third-order valence-corrected chi connectivity index (χ3v) is 6.84. The molecule has 0 spiro atoms. The summed E-state index contributed by atoms with van der Waals surface area (Å²) in [5.41, 5.74) is 4.85. The van der Waals surface area contributed by atoms with Gasteiger partial charge in [-0.15, -0.1) is 11.8 Å². The van der Waals surface area contributed by atoms with E-state index in [9.17, 15) is 9.59 Å². The van der Waals surface area contributed by atoms with Gasteiger partial charge in [0.25, 0.3) is 5.91 Å². The molecule has 1 aliphatic carbocycles. The number of nitrogens with zero attached hydrogens (tertiary/aromatic N) is 3. The van der Waals surface area contributed by atoms with Crippen LogP contribution in [0.4, 0.5) is 5.69 Å².